The molecule has 47 heavy (non-hydrogen) atoms. The molecule has 0 saturated heterocycles. The Labute approximate surface area is 272 Å². The number of esters is 2. The number of hydrazone groups is 1. The fourth-order valence-corrected chi connectivity index (χ4v) is 4.62. The highest BCUT2D eigenvalue weighted by molar-refractivity contribution is 5.95. The molecular formula is C34H38N4O9. The minimum absolute atomic E-state index is 0.161. The number of benzene rings is 3. The summed E-state index contributed by atoms with van der Waals surface area (Å²) in [6, 6.07) is 18.0. The van der Waals surface area contributed by atoms with E-state index in [0.29, 0.717) is 53.9 Å². The van der Waals surface area contributed by atoms with E-state index >= 15 is 0 Å². The number of allylic oxidation sites excluding steroid dienone is 1. The predicted molar refractivity (Wildman–Crippen MR) is 172 cm³/mol. The van der Waals surface area contributed by atoms with E-state index in [1.807, 2.05) is 37.3 Å². The molecule has 3 aromatic rings. The summed E-state index contributed by atoms with van der Waals surface area (Å²) in [4.78, 5) is 36.4. The van der Waals surface area contributed by atoms with Crippen molar-refractivity contribution in [2.45, 2.75) is 39.6 Å². The highest BCUT2D eigenvalue weighted by Crippen LogP contribution is 2.35. The Bertz CT molecular complexity index is 1620. The maximum absolute atomic E-state index is 12.4. The summed E-state index contributed by atoms with van der Waals surface area (Å²) in [5.74, 6) is 0.388. The molecule has 13 nitrogen and oxygen atoms in total. The van der Waals surface area contributed by atoms with Crippen LogP contribution in [0.15, 0.2) is 83.1 Å². The SMILES string of the molecule is CCOC(=O)c1ccc(COc2cccc(/C=N/N[C@H](O)COc3ccc([C@H]4NC(=O)NC(C)=C4C(=O)OC)cc3OCC)c2)cc1. The van der Waals surface area contributed by atoms with Gasteiger partial charge in [-0.3, -0.25) is 5.43 Å². The van der Waals surface area contributed by atoms with Gasteiger partial charge in [0, 0.05) is 5.70 Å². The van der Waals surface area contributed by atoms with Crippen LogP contribution in [0.3, 0.4) is 0 Å². The lowest BCUT2D eigenvalue weighted by Gasteiger charge is -2.28. The quantitative estimate of drug-likeness (QED) is 0.0822. The molecule has 1 aliphatic rings. The summed E-state index contributed by atoms with van der Waals surface area (Å²) in [5.41, 5.74) is 5.95. The summed E-state index contributed by atoms with van der Waals surface area (Å²) in [6.45, 7) is 5.98. The van der Waals surface area contributed by atoms with Crippen LogP contribution in [0.4, 0.5) is 4.79 Å². The van der Waals surface area contributed by atoms with E-state index in [0.717, 1.165) is 11.1 Å². The lowest BCUT2D eigenvalue weighted by atomic mass is 9.95. The number of hydrogen-bond acceptors (Lipinski definition) is 11. The number of aliphatic hydroxyl groups is 1. The molecule has 13 heteroatoms. The van der Waals surface area contributed by atoms with E-state index in [2.05, 4.69) is 21.2 Å². The minimum Gasteiger partial charge on any atom is -0.490 e. The number of aliphatic hydroxyl groups excluding tert-OH is 1. The second-order valence-corrected chi connectivity index (χ2v) is 10.2. The van der Waals surface area contributed by atoms with Crippen LogP contribution in [0.2, 0.25) is 0 Å². The number of carbonyl (C=O) groups is 3. The number of nitrogens with zero attached hydrogens (tertiary/aromatic N) is 1. The summed E-state index contributed by atoms with van der Waals surface area (Å²) in [7, 11) is 1.27. The highest BCUT2D eigenvalue weighted by atomic mass is 16.5. The van der Waals surface area contributed by atoms with E-state index in [1.54, 1.807) is 50.2 Å². The predicted octanol–water partition coefficient (Wildman–Crippen LogP) is 3.96. The highest BCUT2D eigenvalue weighted by Gasteiger charge is 2.32. The van der Waals surface area contributed by atoms with Gasteiger partial charge in [-0.15, -0.1) is 0 Å². The topological polar surface area (TPSA) is 166 Å². The molecule has 248 valence electrons. The summed E-state index contributed by atoms with van der Waals surface area (Å²) in [5, 5.41) is 19.9. The van der Waals surface area contributed by atoms with E-state index < -0.39 is 24.3 Å². The fourth-order valence-electron chi connectivity index (χ4n) is 4.62. The van der Waals surface area contributed by atoms with Gasteiger partial charge >= 0.3 is 18.0 Å². The van der Waals surface area contributed by atoms with Crippen LogP contribution in [0.5, 0.6) is 17.2 Å². The number of carbonyl (C=O) groups excluding carboxylic acids is 3. The van der Waals surface area contributed by atoms with Crippen molar-refractivity contribution in [2.75, 3.05) is 26.9 Å². The van der Waals surface area contributed by atoms with Crippen molar-refractivity contribution < 1.29 is 43.2 Å². The van der Waals surface area contributed by atoms with Crippen molar-refractivity contribution in [3.05, 3.63) is 100 Å². The first kappa shape index (κ1) is 34.3. The average molecular weight is 647 g/mol. The summed E-state index contributed by atoms with van der Waals surface area (Å²) in [6.07, 6.45) is 0.379. The third kappa shape index (κ3) is 9.47. The Kier molecular flexibility index (Phi) is 12.2. The first-order valence-electron chi connectivity index (χ1n) is 14.9. The molecule has 0 fully saturated rings. The fraction of sp³-hybridized carbons (Fsp3) is 0.294. The van der Waals surface area contributed by atoms with Crippen molar-refractivity contribution in [2.24, 2.45) is 5.10 Å². The second kappa shape index (κ2) is 16.7. The van der Waals surface area contributed by atoms with Crippen LogP contribution in [-0.2, 0) is 20.9 Å². The Morgan fingerprint density at radius 2 is 1.77 bits per heavy atom. The van der Waals surface area contributed by atoms with Crippen LogP contribution in [-0.4, -0.2) is 62.4 Å². The largest absolute Gasteiger partial charge is 0.490 e. The monoisotopic (exact) mass is 646 g/mol. The normalized spacial score (nSPS) is 14.9. The van der Waals surface area contributed by atoms with Crippen molar-refractivity contribution in [3.63, 3.8) is 0 Å². The maximum atomic E-state index is 12.4. The van der Waals surface area contributed by atoms with Gasteiger partial charge in [-0.1, -0.05) is 30.3 Å². The van der Waals surface area contributed by atoms with Crippen LogP contribution in [0.25, 0.3) is 0 Å². The first-order chi connectivity index (χ1) is 22.7. The number of methoxy groups -OCH3 is 1. The molecule has 0 aromatic heterocycles. The van der Waals surface area contributed by atoms with E-state index in [4.69, 9.17) is 23.7 Å². The molecule has 0 radical (unpaired) electrons. The van der Waals surface area contributed by atoms with Crippen LogP contribution in [0, 0.1) is 0 Å². The zero-order chi connectivity index (χ0) is 33.8. The Hall–Kier alpha value is -5.56. The molecule has 1 aliphatic heterocycles. The molecule has 1 heterocycles. The van der Waals surface area contributed by atoms with E-state index in [9.17, 15) is 19.5 Å². The molecule has 0 saturated carbocycles. The summed E-state index contributed by atoms with van der Waals surface area (Å²) < 4.78 is 27.3. The zero-order valence-corrected chi connectivity index (χ0v) is 26.6. The lowest BCUT2D eigenvalue weighted by molar-refractivity contribution is -0.136. The van der Waals surface area contributed by atoms with Gasteiger partial charge in [0.05, 0.1) is 43.7 Å². The number of urea groups is 1. The Morgan fingerprint density at radius 3 is 2.49 bits per heavy atom. The van der Waals surface area contributed by atoms with E-state index in [-0.39, 0.29) is 18.1 Å². The molecule has 0 unspecified atom stereocenters. The molecule has 4 N–H and O–H groups in total. The van der Waals surface area contributed by atoms with Gasteiger partial charge in [0.15, 0.2) is 17.7 Å². The molecule has 3 aromatic carbocycles. The van der Waals surface area contributed by atoms with E-state index in [1.165, 1.54) is 13.3 Å². The maximum Gasteiger partial charge on any atom is 0.338 e. The van der Waals surface area contributed by atoms with Crippen LogP contribution >= 0.6 is 0 Å². The van der Waals surface area contributed by atoms with Gasteiger partial charge in [0.25, 0.3) is 0 Å². The van der Waals surface area contributed by atoms with Gasteiger partial charge in [-0.2, -0.15) is 5.10 Å². The smallest absolute Gasteiger partial charge is 0.338 e. The lowest BCUT2D eigenvalue weighted by Crippen LogP contribution is -2.45. The average Bonchev–Trinajstić information content (AvgIpc) is 3.06. The van der Waals surface area contributed by atoms with Gasteiger partial charge in [0.1, 0.15) is 19.0 Å². The zero-order valence-electron chi connectivity index (χ0n) is 26.6. The second-order valence-electron chi connectivity index (χ2n) is 10.2. The summed E-state index contributed by atoms with van der Waals surface area (Å²) >= 11 is 0. The number of hydrogen-bond donors (Lipinski definition) is 4. The molecule has 0 aliphatic carbocycles. The number of rotatable bonds is 15. The third-order valence-electron chi connectivity index (χ3n) is 6.84. The third-order valence-corrected chi connectivity index (χ3v) is 6.84. The van der Waals surface area contributed by atoms with Gasteiger partial charge in [-0.25, -0.2) is 14.4 Å². The number of ether oxygens (including phenoxy) is 5. The van der Waals surface area contributed by atoms with Crippen molar-refractivity contribution in [1.29, 1.82) is 0 Å². The standard InChI is InChI=1S/C34H38N4O9/c1-5-44-28-17-25(31-30(33(41)43-4)21(3)36-34(42)37-31)14-15-27(28)47-20-29(39)38-35-18-23-8-7-9-26(16-23)46-19-22-10-12-24(13-11-22)32(40)45-6-2/h7-18,29,31,38-39H,5-6,19-20H2,1-4H3,(H2,36,37,42)/b35-18+/t29-,31-/m1/s1. The Morgan fingerprint density at radius 1 is 0.979 bits per heavy atom. The Balaban J connectivity index is 1.32. The number of amides is 2. The van der Waals surface area contributed by atoms with Crippen molar-refractivity contribution in [1.82, 2.24) is 16.1 Å². The van der Waals surface area contributed by atoms with Gasteiger partial charge in [-0.05, 0) is 73.9 Å². The molecule has 2 atom stereocenters. The molecule has 2 amide bonds. The molecule has 0 spiro atoms. The first-order valence-corrected chi connectivity index (χ1v) is 14.9. The van der Waals surface area contributed by atoms with Gasteiger partial charge < -0.3 is 39.4 Å². The molecule has 0 bridgehead atoms. The molecular weight excluding hydrogens is 608 g/mol. The molecule has 4 rings (SSSR count). The van der Waals surface area contributed by atoms with Crippen molar-refractivity contribution in [3.8, 4) is 17.2 Å². The van der Waals surface area contributed by atoms with Gasteiger partial charge in [0.2, 0.25) is 0 Å². The number of nitrogens with one attached hydrogen (secondary N) is 3. The van der Waals surface area contributed by atoms with Crippen LogP contribution in [0.1, 0.15) is 53.9 Å². The minimum atomic E-state index is -1.15. The van der Waals surface area contributed by atoms with Crippen molar-refractivity contribution >= 4 is 24.2 Å². The van der Waals surface area contributed by atoms with Crippen LogP contribution < -0.4 is 30.3 Å².